The third-order valence-electron chi connectivity index (χ3n) is 3.18. The molecule has 0 saturated carbocycles. The van der Waals surface area contributed by atoms with Gasteiger partial charge >= 0.3 is 0 Å². The highest BCUT2D eigenvalue weighted by atomic mass is 15.3. The van der Waals surface area contributed by atoms with Crippen LogP contribution in [0.4, 0.5) is 0 Å². The van der Waals surface area contributed by atoms with E-state index in [4.69, 9.17) is 0 Å². The van der Waals surface area contributed by atoms with E-state index in [2.05, 4.69) is 36.7 Å². The van der Waals surface area contributed by atoms with Crippen molar-refractivity contribution in [2.45, 2.75) is 58.4 Å². The molecule has 0 radical (unpaired) electrons. The maximum atomic E-state index is 4.64. The number of aromatic nitrogens is 2. The van der Waals surface area contributed by atoms with Gasteiger partial charge < -0.3 is 0 Å². The molecule has 0 spiro atoms. The molecule has 1 unspecified atom stereocenters. The molecular formula is C12H20N2. The first kappa shape index (κ1) is 9.75. The topological polar surface area (TPSA) is 17.8 Å². The van der Waals surface area contributed by atoms with Gasteiger partial charge in [-0.05, 0) is 44.6 Å². The maximum Gasteiger partial charge on any atom is 0.0659 e. The fraction of sp³-hybridized carbons (Fsp3) is 0.750. The van der Waals surface area contributed by atoms with Crippen LogP contribution >= 0.6 is 0 Å². The molecular weight excluding hydrogens is 172 g/mol. The molecule has 78 valence electrons. The lowest BCUT2D eigenvalue weighted by atomic mass is 9.99. The van der Waals surface area contributed by atoms with Crippen molar-refractivity contribution in [2.75, 3.05) is 0 Å². The summed E-state index contributed by atoms with van der Waals surface area (Å²) in [5, 5.41) is 4.64. The van der Waals surface area contributed by atoms with Crippen LogP contribution in [-0.4, -0.2) is 9.78 Å². The van der Waals surface area contributed by atoms with Gasteiger partial charge in [-0.2, -0.15) is 5.10 Å². The fourth-order valence-electron chi connectivity index (χ4n) is 2.36. The maximum absolute atomic E-state index is 4.64. The molecule has 1 aliphatic carbocycles. The zero-order chi connectivity index (χ0) is 10.1. The van der Waals surface area contributed by atoms with Crippen molar-refractivity contribution in [2.24, 2.45) is 0 Å². The summed E-state index contributed by atoms with van der Waals surface area (Å²) in [7, 11) is 0. The second kappa shape index (κ2) is 3.76. The number of rotatable bonds is 3. The number of fused-ring (bicyclic) bond motifs is 1. The summed E-state index contributed by atoms with van der Waals surface area (Å²) in [6.07, 6.45) is 7.41. The van der Waals surface area contributed by atoms with Crippen LogP contribution < -0.4 is 0 Å². The van der Waals surface area contributed by atoms with Crippen molar-refractivity contribution < 1.29 is 0 Å². The normalized spacial score (nSPS) is 20.4. The van der Waals surface area contributed by atoms with Gasteiger partial charge in [-0.25, -0.2) is 0 Å². The molecule has 1 aromatic heterocycles. The SMILES string of the molecule is CCCC1CCc2nn(C(C)C)cc21. The largest absolute Gasteiger partial charge is 0.270 e. The molecule has 1 atom stereocenters. The Labute approximate surface area is 86.3 Å². The lowest BCUT2D eigenvalue weighted by Gasteiger charge is -2.08. The number of hydrogen-bond acceptors (Lipinski definition) is 1. The minimum absolute atomic E-state index is 0.503. The Morgan fingerprint density at radius 3 is 3.00 bits per heavy atom. The van der Waals surface area contributed by atoms with Gasteiger partial charge in [0.1, 0.15) is 0 Å². The van der Waals surface area contributed by atoms with E-state index in [1.165, 1.54) is 36.9 Å². The van der Waals surface area contributed by atoms with E-state index in [-0.39, 0.29) is 0 Å². The molecule has 1 aromatic rings. The van der Waals surface area contributed by atoms with Crippen LogP contribution in [0.1, 0.15) is 63.3 Å². The Morgan fingerprint density at radius 1 is 1.57 bits per heavy atom. The standard InChI is InChI=1S/C12H20N2/c1-4-5-10-6-7-12-11(10)8-14(13-12)9(2)3/h8-10H,4-7H2,1-3H3. The molecule has 0 fully saturated rings. The molecule has 2 nitrogen and oxygen atoms in total. The quantitative estimate of drug-likeness (QED) is 0.718. The molecule has 2 heteroatoms. The van der Waals surface area contributed by atoms with Crippen LogP contribution in [0.3, 0.4) is 0 Å². The predicted molar refractivity (Wildman–Crippen MR) is 58.6 cm³/mol. The van der Waals surface area contributed by atoms with E-state index in [0.29, 0.717) is 6.04 Å². The minimum Gasteiger partial charge on any atom is -0.270 e. The number of aryl methyl sites for hydroxylation is 1. The molecule has 2 rings (SSSR count). The van der Waals surface area contributed by atoms with Crippen LogP contribution in [0.5, 0.6) is 0 Å². The van der Waals surface area contributed by atoms with Crippen molar-refractivity contribution in [3.05, 3.63) is 17.5 Å². The number of hydrogen-bond donors (Lipinski definition) is 0. The molecule has 1 heterocycles. The van der Waals surface area contributed by atoms with Crippen LogP contribution in [0, 0.1) is 0 Å². The smallest absolute Gasteiger partial charge is 0.0659 e. The zero-order valence-electron chi connectivity index (χ0n) is 9.45. The molecule has 0 aromatic carbocycles. The van der Waals surface area contributed by atoms with E-state index < -0.39 is 0 Å². The van der Waals surface area contributed by atoms with Gasteiger partial charge in [0, 0.05) is 12.2 Å². The van der Waals surface area contributed by atoms with Crippen molar-refractivity contribution in [3.8, 4) is 0 Å². The Hall–Kier alpha value is -0.790. The lowest BCUT2D eigenvalue weighted by molar-refractivity contribution is 0.515. The van der Waals surface area contributed by atoms with Crippen molar-refractivity contribution in [1.29, 1.82) is 0 Å². The summed E-state index contributed by atoms with van der Waals surface area (Å²) >= 11 is 0. The molecule has 14 heavy (non-hydrogen) atoms. The summed E-state index contributed by atoms with van der Waals surface area (Å²) in [6, 6.07) is 0.503. The predicted octanol–water partition coefficient (Wildman–Crippen LogP) is 3.29. The van der Waals surface area contributed by atoms with Crippen molar-refractivity contribution in [3.63, 3.8) is 0 Å². The van der Waals surface area contributed by atoms with Gasteiger partial charge in [0.25, 0.3) is 0 Å². The molecule has 0 saturated heterocycles. The van der Waals surface area contributed by atoms with Gasteiger partial charge in [0.05, 0.1) is 5.69 Å². The summed E-state index contributed by atoms with van der Waals surface area (Å²) in [6.45, 7) is 6.65. The van der Waals surface area contributed by atoms with Gasteiger partial charge in [-0.3, -0.25) is 4.68 Å². The molecule has 0 bridgehead atoms. The van der Waals surface area contributed by atoms with Gasteiger partial charge in [-0.15, -0.1) is 0 Å². The molecule has 0 amide bonds. The van der Waals surface area contributed by atoms with E-state index in [1.54, 1.807) is 0 Å². The van der Waals surface area contributed by atoms with Crippen LogP contribution in [0.25, 0.3) is 0 Å². The molecule has 0 N–H and O–H groups in total. The van der Waals surface area contributed by atoms with Gasteiger partial charge in [0.2, 0.25) is 0 Å². The monoisotopic (exact) mass is 192 g/mol. The first-order chi connectivity index (χ1) is 6.72. The summed E-state index contributed by atoms with van der Waals surface area (Å²) in [5.74, 6) is 0.794. The highest BCUT2D eigenvalue weighted by Gasteiger charge is 2.25. The van der Waals surface area contributed by atoms with Crippen molar-refractivity contribution in [1.82, 2.24) is 9.78 Å². The van der Waals surface area contributed by atoms with Gasteiger partial charge in [0.15, 0.2) is 0 Å². The van der Waals surface area contributed by atoms with Gasteiger partial charge in [-0.1, -0.05) is 13.3 Å². The second-order valence-corrected chi connectivity index (χ2v) is 4.63. The Morgan fingerprint density at radius 2 is 2.36 bits per heavy atom. The zero-order valence-corrected chi connectivity index (χ0v) is 9.45. The average Bonchev–Trinajstić information content (AvgIpc) is 2.67. The van der Waals surface area contributed by atoms with Crippen LogP contribution in [-0.2, 0) is 6.42 Å². The minimum atomic E-state index is 0.503. The Kier molecular flexibility index (Phi) is 2.62. The summed E-state index contributed by atoms with van der Waals surface area (Å²) < 4.78 is 2.12. The fourth-order valence-corrected chi connectivity index (χ4v) is 2.36. The van der Waals surface area contributed by atoms with E-state index in [1.807, 2.05) is 0 Å². The van der Waals surface area contributed by atoms with E-state index >= 15 is 0 Å². The Balaban J connectivity index is 2.21. The first-order valence-corrected chi connectivity index (χ1v) is 5.80. The van der Waals surface area contributed by atoms with E-state index in [9.17, 15) is 0 Å². The highest BCUT2D eigenvalue weighted by Crippen LogP contribution is 2.35. The molecule has 0 aliphatic heterocycles. The summed E-state index contributed by atoms with van der Waals surface area (Å²) in [5.41, 5.74) is 2.89. The highest BCUT2D eigenvalue weighted by molar-refractivity contribution is 5.27. The number of nitrogens with zero attached hydrogens (tertiary/aromatic N) is 2. The van der Waals surface area contributed by atoms with E-state index in [0.717, 1.165) is 5.92 Å². The second-order valence-electron chi connectivity index (χ2n) is 4.63. The third-order valence-corrected chi connectivity index (χ3v) is 3.18. The first-order valence-electron chi connectivity index (χ1n) is 5.80. The van der Waals surface area contributed by atoms with Crippen LogP contribution in [0.15, 0.2) is 6.20 Å². The third kappa shape index (κ3) is 1.58. The van der Waals surface area contributed by atoms with Crippen LogP contribution in [0.2, 0.25) is 0 Å². The average molecular weight is 192 g/mol. The lowest BCUT2D eigenvalue weighted by Crippen LogP contribution is -2.02. The molecule has 1 aliphatic rings. The summed E-state index contributed by atoms with van der Waals surface area (Å²) in [4.78, 5) is 0. The van der Waals surface area contributed by atoms with Crippen molar-refractivity contribution >= 4 is 0 Å². The Bertz CT molecular complexity index is 312.